The highest BCUT2D eigenvalue weighted by atomic mass is 16.6. The zero-order chi connectivity index (χ0) is 16.0. The first-order valence-electron chi connectivity index (χ1n) is 7.58. The molecule has 7 nitrogen and oxygen atoms in total. The van der Waals surface area contributed by atoms with Crippen LogP contribution in [0.1, 0.15) is 45.7 Å². The third-order valence-electron chi connectivity index (χ3n) is 3.83. The fraction of sp³-hybridized carbons (Fsp3) is 0.786. The van der Waals surface area contributed by atoms with E-state index < -0.39 is 11.0 Å². The number of rotatable bonds is 9. The molecule has 1 aromatic heterocycles. The molecule has 0 saturated carbocycles. The molecule has 0 saturated heterocycles. The van der Waals surface area contributed by atoms with Crippen LogP contribution in [0.3, 0.4) is 0 Å². The van der Waals surface area contributed by atoms with Gasteiger partial charge in [0.15, 0.2) is 0 Å². The first kappa shape index (κ1) is 17.4. The van der Waals surface area contributed by atoms with Crippen LogP contribution in [0.4, 0.5) is 11.5 Å². The molecule has 1 unspecified atom stereocenters. The van der Waals surface area contributed by atoms with Crippen molar-refractivity contribution in [3.05, 3.63) is 15.8 Å². The Balaban J connectivity index is 2.90. The minimum Gasteiger partial charge on any atom is -0.391 e. The standard InChI is InChI=1S/C14H26N4O3/c1-5-8-11-13(18(20)21)14(17(4)16-11)15-9-12(19)10(6-2)7-3/h10,12,15,19H,5-9H2,1-4H3. The topological polar surface area (TPSA) is 93.2 Å². The Morgan fingerprint density at radius 1 is 1.38 bits per heavy atom. The van der Waals surface area contributed by atoms with E-state index >= 15 is 0 Å². The molecule has 0 aliphatic carbocycles. The van der Waals surface area contributed by atoms with E-state index in [-0.39, 0.29) is 18.2 Å². The number of hydrogen-bond donors (Lipinski definition) is 2. The minimum absolute atomic E-state index is 0.0242. The Hall–Kier alpha value is -1.63. The molecule has 0 aliphatic rings. The van der Waals surface area contributed by atoms with Gasteiger partial charge >= 0.3 is 5.69 Å². The number of aryl methyl sites for hydroxylation is 2. The summed E-state index contributed by atoms with van der Waals surface area (Å²) in [5.41, 5.74) is 0.514. The van der Waals surface area contributed by atoms with E-state index in [0.29, 0.717) is 17.9 Å². The Labute approximate surface area is 125 Å². The van der Waals surface area contributed by atoms with Crippen molar-refractivity contribution in [2.45, 2.75) is 52.6 Å². The maximum absolute atomic E-state index is 11.3. The lowest BCUT2D eigenvalue weighted by Crippen LogP contribution is -2.28. The molecule has 120 valence electrons. The van der Waals surface area contributed by atoms with Gasteiger partial charge in [0, 0.05) is 13.6 Å². The van der Waals surface area contributed by atoms with Crippen molar-refractivity contribution in [3.8, 4) is 0 Å². The summed E-state index contributed by atoms with van der Waals surface area (Å²) in [5, 5.41) is 28.6. The quantitative estimate of drug-likeness (QED) is 0.539. The SMILES string of the molecule is CCCc1nn(C)c(NCC(O)C(CC)CC)c1[N+](=O)[O-]. The number of anilines is 1. The van der Waals surface area contributed by atoms with Crippen LogP contribution < -0.4 is 5.32 Å². The molecule has 0 fully saturated rings. The molecule has 1 aromatic rings. The van der Waals surface area contributed by atoms with Crippen LogP contribution in [-0.2, 0) is 13.5 Å². The molecular formula is C14H26N4O3. The third kappa shape index (κ3) is 4.17. The summed E-state index contributed by atoms with van der Waals surface area (Å²) >= 11 is 0. The summed E-state index contributed by atoms with van der Waals surface area (Å²) in [6.07, 6.45) is 2.61. The van der Waals surface area contributed by atoms with E-state index in [1.54, 1.807) is 7.05 Å². The van der Waals surface area contributed by atoms with Crippen LogP contribution in [0.25, 0.3) is 0 Å². The monoisotopic (exact) mass is 298 g/mol. The Morgan fingerprint density at radius 2 is 2.00 bits per heavy atom. The van der Waals surface area contributed by atoms with Crippen LogP contribution in [-0.4, -0.2) is 32.5 Å². The van der Waals surface area contributed by atoms with Gasteiger partial charge in [-0.3, -0.25) is 10.1 Å². The predicted molar refractivity (Wildman–Crippen MR) is 82.4 cm³/mol. The van der Waals surface area contributed by atoms with Crippen molar-refractivity contribution in [3.63, 3.8) is 0 Å². The van der Waals surface area contributed by atoms with E-state index in [0.717, 1.165) is 19.3 Å². The second-order valence-corrected chi connectivity index (χ2v) is 5.30. The lowest BCUT2D eigenvalue weighted by Gasteiger charge is -2.20. The van der Waals surface area contributed by atoms with Crippen LogP contribution in [0, 0.1) is 16.0 Å². The average molecular weight is 298 g/mol. The Kier molecular flexibility index (Phi) is 6.61. The largest absolute Gasteiger partial charge is 0.391 e. The van der Waals surface area contributed by atoms with Crippen molar-refractivity contribution < 1.29 is 10.0 Å². The van der Waals surface area contributed by atoms with E-state index in [4.69, 9.17) is 0 Å². The van der Waals surface area contributed by atoms with Gasteiger partial charge in [-0.15, -0.1) is 0 Å². The highest BCUT2D eigenvalue weighted by molar-refractivity contribution is 5.59. The van der Waals surface area contributed by atoms with Crippen molar-refractivity contribution in [2.24, 2.45) is 13.0 Å². The van der Waals surface area contributed by atoms with Crippen LogP contribution >= 0.6 is 0 Å². The summed E-state index contributed by atoms with van der Waals surface area (Å²) in [6, 6.07) is 0. The van der Waals surface area contributed by atoms with Gasteiger partial charge in [0.1, 0.15) is 5.69 Å². The highest BCUT2D eigenvalue weighted by Gasteiger charge is 2.27. The van der Waals surface area contributed by atoms with Gasteiger partial charge in [-0.1, -0.05) is 40.0 Å². The van der Waals surface area contributed by atoms with Gasteiger partial charge in [-0.2, -0.15) is 5.10 Å². The number of nitro groups is 1. The molecule has 2 N–H and O–H groups in total. The van der Waals surface area contributed by atoms with Crippen LogP contribution in [0.5, 0.6) is 0 Å². The zero-order valence-electron chi connectivity index (χ0n) is 13.3. The minimum atomic E-state index is -0.524. The Bertz CT molecular complexity index is 469. The molecule has 0 amide bonds. The molecule has 0 radical (unpaired) electrons. The molecule has 7 heteroatoms. The van der Waals surface area contributed by atoms with Gasteiger partial charge in [-0.25, -0.2) is 4.68 Å². The predicted octanol–water partition coefficient (Wildman–Crippen LogP) is 2.49. The zero-order valence-corrected chi connectivity index (χ0v) is 13.3. The summed E-state index contributed by atoms with van der Waals surface area (Å²) in [4.78, 5) is 10.9. The smallest absolute Gasteiger partial charge is 0.333 e. The Morgan fingerprint density at radius 3 is 2.48 bits per heavy atom. The normalized spacial score (nSPS) is 12.7. The number of hydrogen-bond acceptors (Lipinski definition) is 5. The maximum Gasteiger partial charge on any atom is 0.333 e. The summed E-state index contributed by atoms with van der Waals surface area (Å²) < 4.78 is 1.49. The molecule has 21 heavy (non-hydrogen) atoms. The second kappa shape index (κ2) is 7.97. The molecule has 0 aromatic carbocycles. The number of aromatic nitrogens is 2. The van der Waals surface area contributed by atoms with E-state index in [1.165, 1.54) is 4.68 Å². The van der Waals surface area contributed by atoms with Gasteiger partial charge in [0.05, 0.1) is 11.0 Å². The van der Waals surface area contributed by atoms with Crippen molar-refractivity contribution in [1.29, 1.82) is 0 Å². The van der Waals surface area contributed by atoms with Gasteiger partial charge in [0.25, 0.3) is 0 Å². The summed E-state index contributed by atoms with van der Waals surface area (Å²) in [6.45, 7) is 6.31. The fourth-order valence-electron chi connectivity index (χ4n) is 2.56. The van der Waals surface area contributed by atoms with Gasteiger partial charge in [0.2, 0.25) is 5.82 Å². The fourth-order valence-corrected chi connectivity index (χ4v) is 2.56. The number of nitrogens with zero attached hydrogens (tertiary/aromatic N) is 3. The molecule has 0 bridgehead atoms. The maximum atomic E-state index is 11.3. The molecule has 1 rings (SSSR count). The lowest BCUT2D eigenvalue weighted by molar-refractivity contribution is -0.384. The van der Waals surface area contributed by atoms with Gasteiger partial charge in [-0.05, 0) is 12.3 Å². The van der Waals surface area contributed by atoms with Crippen molar-refractivity contribution in [2.75, 3.05) is 11.9 Å². The van der Waals surface area contributed by atoms with Crippen LogP contribution in [0.15, 0.2) is 0 Å². The molecule has 1 heterocycles. The first-order valence-corrected chi connectivity index (χ1v) is 7.58. The molecular weight excluding hydrogens is 272 g/mol. The summed E-state index contributed by atoms with van der Waals surface area (Å²) in [7, 11) is 1.68. The lowest BCUT2D eigenvalue weighted by atomic mass is 9.96. The average Bonchev–Trinajstić information content (AvgIpc) is 2.74. The number of aliphatic hydroxyl groups excluding tert-OH is 1. The number of nitrogens with one attached hydrogen (secondary N) is 1. The van der Waals surface area contributed by atoms with Crippen molar-refractivity contribution in [1.82, 2.24) is 9.78 Å². The van der Waals surface area contributed by atoms with Gasteiger partial charge < -0.3 is 10.4 Å². The molecule has 1 atom stereocenters. The van der Waals surface area contributed by atoms with E-state index in [9.17, 15) is 15.2 Å². The van der Waals surface area contributed by atoms with E-state index in [2.05, 4.69) is 10.4 Å². The molecule has 0 spiro atoms. The second-order valence-electron chi connectivity index (χ2n) is 5.30. The summed E-state index contributed by atoms with van der Waals surface area (Å²) in [5.74, 6) is 0.563. The van der Waals surface area contributed by atoms with Crippen molar-refractivity contribution >= 4 is 11.5 Å². The first-order chi connectivity index (χ1) is 9.96. The number of aliphatic hydroxyl groups is 1. The van der Waals surface area contributed by atoms with E-state index in [1.807, 2.05) is 20.8 Å². The third-order valence-corrected chi connectivity index (χ3v) is 3.83. The highest BCUT2D eigenvalue weighted by Crippen LogP contribution is 2.29. The van der Waals surface area contributed by atoms with Crippen LogP contribution in [0.2, 0.25) is 0 Å². The molecule has 0 aliphatic heterocycles.